The summed E-state index contributed by atoms with van der Waals surface area (Å²) >= 11 is 0. The second-order valence-corrected chi connectivity index (χ2v) is 8.79. The lowest BCUT2D eigenvalue weighted by Gasteiger charge is -2.37. The third-order valence-corrected chi connectivity index (χ3v) is 7.06. The Morgan fingerprint density at radius 2 is 1.52 bits per heavy atom. The van der Waals surface area contributed by atoms with E-state index in [0.29, 0.717) is 0 Å². The summed E-state index contributed by atoms with van der Waals surface area (Å²) in [5, 5.41) is 6.61. The Hall–Kier alpha value is -3.47. The number of hydrogen-bond acceptors (Lipinski definition) is 3. The zero-order chi connectivity index (χ0) is 20.9. The van der Waals surface area contributed by atoms with Gasteiger partial charge in [-0.3, -0.25) is 9.59 Å². The van der Waals surface area contributed by atoms with Gasteiger partial charge < -0.3 is 4.57 Å². The first-order valence-electron chi connectivity index (χ1n) is 10.9. The van der Waals surface area contributed by atoms with Gasteiger partial charge in [-0.25, -0.2) is 0 Å². The first-order chi connectivity index (χ1) is 15.2. The molecule has 7 rings (SSSR count). The Kier molecular flexibility index (Phi) is 4.16. The van der Waals surface area contributed by atoms with Gasteiger partial charge >= 0.3 is 0 Å². The Labute approximate surface area is 180 Å². The maximum atomic E-state index is 13.0. The van der Waals surface area contributed by atoms with E-state index in [1.165, 1.54) is 5.56 Å². The van der Waals surface area contributed by atoms with Crippen molar-refractivity contribution < 1.29 is 9.59 Å². The van der Waals surface area contributed by atoms with Gasteiger partial charge in [0.25, 0.3) is 11.8 Å². The minimum atomic E-state index is -0.229. The van der Waals surface area contributed by atoms with Crippen molar-refractivity contribution in [2.24, 2.45) is 28.8 Å². The van der Waals surface area contributed by atoms with Gasteiger partial charge in [-0.15, -0.1) is 0 Å². The SMILES string of the molecule is O=C1C2C3C=CC(CC3)C2C(=O)N1/N=C/c1cn(Cc2ccccc2)c2ccccc12. The van der Waals surface area contributed by atoms with Crippen molar-refractivity contribution >= 4 is 28.9 Å². The molecule has 4 unspecified atom stereocenters. The molecule has 4 aliphatic rings. The van der Waals surface area contributed by atoms with Crippen LogP contribution in [0.2, 0.25) is 0 Å². The maximum Gasteiger partial charge on any atom is 0.254 e. The monoisotopic (exact) mass is 409 g/mol. The van der Waals surface area contributed by atoms with Crippen LogP contribution >= 0.6 is 0 Å². The zero-order valence-electron chi connectivity index (χ0n) is 17.1. The number of fused-ring (bicyclic) bond motifs is 2. The van der Waals surface area contributed by atoms with Gasteiger partial charge in [0, 0.05) is 29.2 Å². The minimum Gasteiger partial charge on any atom is -0.342 e. The van der Waals surface area contributed by atoms with Crippen LogP contribution in [-0.2, 0) is 16.1 Å². The number of para-hydroxylation sites is 1. The molecule has 1 saturated carbocycles. The first-order valence-corrected chi connectivity index (χ1v) is 10.9. The number of hydrogen-bond donors (Lipinski definition) is 0. The molecule has 2 amide bonds. The van der Waals surface area contributed by atoms with Crippen LogP contribution in [0.5, 0.6) is 0 Å². The van der Waals surface area contributed by atoms with Crippen LogP contribution < -0.4 is 0 Å². The third kappa shape index (κ3) is 2.87. The van der Waals surface area contributed by atoms with E-state index in [0.717, 1.165) is 40.9 Å². The number of imide groups is 1. The molecule has 1 aromatic heterocycles. The lowest BCUT2D eigenvalue weighted by Crippen LogP contribution is -2.38. The molecule has 2 aromatic carbocycles. The van der Waals surface area contributed by atoms with Gasteiger partial charge in [0.1, 0.15) is 0 Å². The Bertz CT molecular complexity index is 1210. The standard InChI is InChI=1S/C26H23N3O2/c30-25-23-18-10-11-19(13-12-18)24(23)26(31)29(25)27-14-20-16-28(15-17-6-2-1-3-7-17)22-9-5-4-8-21(20)22/h1-11,14,16,18-19,23-24H,12-13,15H2/b27-14+. The van der Waals surface area contributed by atoms with Crippen molar-refractivity contribution in [3.8, 4) is 0 Å². The predicted octanol–water partition coefficient (Wildman–Crippen LogP) is 4.22. The molecular weight excluding hydrogens is 386 g/mol. The molecule has 3 aliphatic carbocycles. The quantitative estimate of drug-likeness (QED) is 0.368. The van der Waals surface area contributed by atoms with E-state index in [9.17, 15) is 9.59 Å². The highest BCUT2D eigenvalue weighted by Crippen LogP contribution is 2.49. The summed E-state index contributed by atoms with van der Waals surface area (Å²) in [5.41, 5.74) is 3.22. The number of hydrazone groups is 1. The molecule has 0 N–H and O–H groups in total. The molecule has 2 heterocycles. The largest absolute Gasteiger partial charge is 0.342 e. The highest BCUT2D eigenvalue weighted by atomic mass is 16.2. The fourth-order valence-electron chi connectivity index (χ4n) is 5.58. The number of benzene rings is 2. The molecule has 154 valence electrons. The number of amides is 2. The number of carbonyl (C=O) groups is 2. The number of carbonyl (C=O) groups excluding carboxylic acids is 2. The van der Waals surface area contributed by atoms with Crippen LogP contribution in [0.3, 0.4) is 0 Å². The molecule has 0 spiro atoms. The van der Waals surface area contributed by atoms with Crippen molar-refractivity contribution in [2.45, 2.75) is 19.4 Å². The summed E-state index contributed by atoms with van der Waals surface area (Å²) in [4.78, 5) is 26.0. The maximum absolute atomic E-state index is 13.0. The van der Waals surface area contributed by atoms with Crippen molar-refractivity contribution in [1.29, 1.82) is 0 Å². The van der Waals surface area contributed by atoms with Crippen molar-refractivity contribution in [3.63, 3.8) is 0 Å². The number of nitrogens with zero attached hydrogens (tertiary/aromatic N) is 3. The van der Waals surface area contributed by atoms with Gasteiger partial charge in [-0.1, -0.05) is 60.7 Å². The van der Waals surface area contributed by atoms with Crippen LogP contribution in [0.15, 0.2) is 78.0 Å². The molecule has 5 nitrogen and oxygen atoms in total. The highest BCUT2D eigenvalue weighted by molar-refractivity contribution is 6.07. The summed E-state index contributed by atoms with van der Waals surface area (Å²) in [7, 11) is 0. The summed E-state index contributed by atoms with van der Waals surface area (Å²) in [6.45, 7) is 0.746. The molecule has 4 atom stereocenters. The molecular formula is C26H23N3O2. The first kappa shape index (κ1) is 18.3. The van der Waals surface area contributed by atoms with Crippen molar-refractivity contribution in [2.75, 3.05) is 0 Å². The molecule has 1 saturated heterocycles. The van der Waals surface area contributed by atoms with E-state index in [1.54, 1.807) is 6.21 Å². The summed E-state index contributed by atoms with van der Waals surface area (Å²) in [5.74, 6) is -0.379. The molecule has 31 heavy (non-hydrogen) atoms. The normalized spacial score (nSPS) is 27.0. The minimum absolute atomic E-state index is 0.140. The summed E-state index contributed by atoms with van der Waals surface area (Å²) < 4.78 is 2.18. The third-order valence-electron chi connectivity index (χ3n) is 7.06. The number of aromatic nitrogens is 1. The lowest BCUT2D eigenvalue weighted by atomic mass is 9.63. The molecule has 2 fully saturated rings. The number of allylic oxidation sites excluding steroid dienone is 2. The Morgan fingerprint density at radius 3 is 2.19 bits per heavy atom. The van der Waals surface area contributed by atoms with Crippen LogP contribution in [0.4, 0.5) is 0 Å². The molecule has 3 aromatic rings. The Balaban J connectivity index is 1.33. The smallest absolute Gasteiger partial charge is 0.254 e. The Morgan fingerprint density at radius 1 is 0.871 bits per heavy atom. The van der Waals surface area contributed by atoms with Crippen molar-refractivity contribution in [1.82, 2.24) is 9.58 Å². The van der Waals surface area contributed by atoms with Crippen LogP contribution in [0.1, 0.15) is 24.0 Å². The second kappa shape index (κ2) is 7.05. The van der Waals surface area contributed by atoms with Gasteiger partial charge in [0.15, 0.2) is 0 Å². The van der Waals surface area contributed by atoms with Gasteiger partial charge in [-0.05, 0) is 36.3 Å². The molecule has 2 bridgehead atoms. The van der Waals surface area contributed by atoms with E-state index in [2.05, 4.69) is 46.1 Å². The van der Waals surface area contributed by atoms with E-state index < -0.39 is 0 Å². The molecule has 0 radical (unpaired) electrons. The van der Waals surface area contributed by atoms with Gasteiger partial charge in [-0.2, -0.15) is 10.1 Å². The van der Waals surface area contributed by atoms with E-state index in [-0.39, 0.29) is 35.5 Å². The summed E-state index contributed by atoms with van der Waals surface area (Å²) in [6, 6.07) is 18.4. The highest BCUT2D eigenvalue weighted by Gasteiger charge is 2.56. The predicted molar refractivity (Wildman–Crippen MR) is 119 cm³/mol. The fourth-order valence-corrected chi connectivity index (χ4v) is 5.58. The van der Waals surface area contributed by atoms with E-state index >= 15 is 0 Å². The number of rotatable bonds is 4. The summed E-state index contributed by atoms with van der Waals surface area (Å²) in [6.07, 6.45) is 9.96. The van der Waals surface area contributed by atoms with Crippen molar-refractivity contribution in [3.05, 3.63) is 84.1 Å². The van der Waals surface area contributed by atoms with Gasteiger partial charge in [0.05, 0.1) is 18.1 Å². The van der Waals surface area contributed by atoms with E-state index in [4.69, 9.17) is 0 Å². The van der Waals surface area contributed by atoms with Crippen LogP contribution in [0.25, 0.3) is 10.9 Å². The van der Waals surface area contributed by atoms with Crippen LogP contribution in [-0.4, -0.2) is 27.6 Å². The van der Waals surface area contributed by atoms with Crippen LogP contribution in [0, 0.1) is 23.7 Å². The topological polar surface area (TPSA) is 54.7 Å². The zero-order valence-corrected chi connectivity index (χ0v) is 17.1. The second-order valence-electron chi connectivity index (χ2n) is 8.79. The van der Waals surface area contributed by atoms with E-state index in [1.807, 2.05) is 36.5 Å². The molecule has 1 aliphatic heterocycles. The average Bonchev–Trinajstić information content (AvgIpc) is 3.30. The lowest BCUT2D eigenvalue weighted by molar-refractivity contribution is -0.140. The molecule has 5 heteroatoms. The fraction of sp³-hybridized carbons (Fsp3) is 0.269. The van der Waals surface area contributed by atoms with Gasteiger partial charge in [0.2, 0.25) is 0 Å². The average molecular weight is 409 g/mol.